The maximum absolute atomic E-state index is 15.3. The number of halogens is 2. The molecular weight excluding hydrogens is 628 g/mol. The fourth-order valence-corrected chi connectivity index (χ4v) is 6.93. The van der Waals surface area contributed by atoms with Gasteiger partial charge in [-0.2, -0.15) is 8.42 Å². The molecular formula is C31H35F2N3O7S2. The number of unbranched alkanes of at least 4 members (excludes halogenated alkanes) is 3. The summed E-state index contributed by atoms with van der Waals surface area (Å²) in [5, 5.41) is 1.96. The smallest absolute Gasteiger partial charge is 0.278 e. The molecule has 242 valence electrons. The maximum atomic E-state index is 15.3. The average molecular weight is 664 g/mol. The Labute approximate surface area is 264 Å². The number of benzene rings is 2. The number of carbonyl (C=O) groups excluding carboxylic acids is 1. The monoisotopic (exact) mass is 663 g/mol. The van der Waals surface area contributed by atoms with Gasteiger partial charge in [0.05, 0.1) is 32.1 Å². The van der Waals surface area contributed by atoms with Crippen LogP contribution in [0.1, 0.15) is 65.8 Å². The SMILES string of the molecule is CCCCCCOc1c2n(ccc1=O)N([C@H]1c3ccccc3SCc3c1ccc(F)c3F)[C@H]1COCCN1C2=O.CS(=O)(=O)O. The lowest BCUT2D eigenvalue weighted by Crippen LogP contribution is -2.66. The minimum atomic E-state index is -3.67. The van der Waals surface area contributed by atoms with Crippen LogP contribution in [-0.4, -0.2) is 67.2 Å². The summed E-state index contributed by atoms with van der Waals surface area (Å²) >= 11 is 1.45. The van der Waals surface area contributed by atoms with E-state index in [-0.39, 0.29) is 40.7 Å². The summed E-state index contributed by atoms with van der Waals surface area (Å²) in [6.07, 6.45) is 5.61. The number of aromatic nitrogens is 1. The van der Waals surface area contributed by atoms with Gasteiger partial charge in [-0.25, -0.2) is 8.78 Å². The normalized spacial score (nSPS) is 18.9. The molecule has 3 aromatic rings. The van der Waals surface area contributed by atoms with Crippen LogP contribution in [0, 0.1) is 11.6 Å². The van der Waals surface area contributed by atoms with E-state index in [1.165, 1.54) is 17.8 Å². The van der Waals surface area contributed by atoms with Gasteiger partial charge in [0.25, 0.3) is 16.0 Å². The molecule has 0 spiro atoms. The van der Waals surface area contributed by atoms with Gasteiger partial charge in [-0.05, 0) is 29.7 Å². The number of hydrogen-bond acceptors (Lipinski definition) is 8. The molecule has 0 aliphatic carbocycles. The molecule has 1 fully saturated rings. The highest BCUT2D eigenvalue weighted by atomic mass is 32.2. The van der Waals surface area contributed by atoms with Crippen LogP contribution in [0.25, 0.3) is 0 Å². The fourth-order valence-electron chi connectivity index (χ4n) is 5.81. The molecule has 2 atom stereocenters. The molecule has 1 saturated heterocycles. The molecule has 0 unspecified atom stereocenters. The standard InChI is InChI=1S/C30H31F2N3O4S.CH4O3S/c1-2-3-4-7-15-39-29-23(36)12-13-34-28(29)30(37)33-14-16-38-17-25(33)35(34)27-19-10-11-22(31)26(32)21(19)18-40-24-9-6-5-8-20(24)27;1-5(2,3)4/h5-6,8-13,25,27H,2-4,7,14-18H2,1H3;1H3,(H,2,3,4)/t25-,27+;/m0./s1. The number of thioether (sulfide) groups is 1. The van der Waals surface area contributed by atoms with Gasteiger partial charge in [-0.1, -0.05) is 50.5 Å². The van der Waals surface area contributed by atoms with E-state index in [2.05, 4.69) is 6.92 Å². The number of nitrogens with zero attached hydrogens (tertiary/aromatic N) is 3. The van der Waals surface area contributed by atoms with Crippen LogP contribution in [0.3, 0.4) is 0 Å². The Bertz CT molecular complexity index is 1730. The summed E-state index contributed by atoms with van der Waals surface area (Å²) in [6.45, 7) is 3.34. The Morgan fingerprint density at radius 2 is 1.82 bits per heavy atom. The molecule has 1 amide bonds. The lowest BCUT2D eigenvalue weighted by molar-refractivity contribution is -0.0198. The lowest BCUT2D eigenvalue weighted by Gasteiger charge is -2.51. The van der Waals surface area contributed by atoms with Crippen molar-refractivity contribution in [2.75, 3.05) is 37.6 Å². The molecule has 6 rings (SSSR count). The quantitative estimate of drug-likeness (QED) is 0.283. The first-order valence-electron chi connectivity index (χ1n) is 14.7. The van der Waals surface area contributed by atoms with Gasteiger partial charge in [0, 0.05) is 35.0 Å². The van der Waals surface area contributed by atoms with E-state index in [0.29, 0.717) is 31.6 Å². The Morgan fingerprint density at radius 3 is 2.58 bits per heavy atom. The largest absolute Gasteiger partial charge is 0.487 e. The van der Waals surface area contributed by atoms with Crippen LogP contribution in [0.5, 0.6) is 5.75 Å². The van der Waals surface area contributed by atoms with Crippen molar-refractivity contribution in [2.45, 2.75) is 55.5 Å². The summed E-state index contributed by atoms with van der Waals surface area (Å²) in [6, 6.07) is 11.3. The van der Waals surface area contributed by atoms with E-state index < -0.39 is 34.0 Å². The molecule has 4 heterocycles. The van der Waals surface area contributed by atoms with Gasteiger partial charge in [-0.15, -0.1) is 11.8 Å². The van der Waals surface area contributed by atoms with Crippen LogP contribution in [0.15, 0.2) is 58.4 Å². The first kappa shape index (κ1) is 32.9. The highest BCUT2D eigenvalue weighted by molar-refractivity contribution is 7.98. The molecule has 1 N–H and O–H groups in total. The van der Waals surface area contributed by atoms with Crippen molar-refractivity contribution in [3.8, 4) is 5.75 Å². The zero-order valence-electron chi connectivity index (χ0n) is 24.9. The molecule has 0 radical (unpaired) electrons. The van der Waals surface area contributed by atoms with Crippen molar-refractivity contribution in [1.82, 2.24) is 9.58 Å². The molecule has 0 saturated carbocycles. The van der Waals surface area contributed by atoms with Crippen molar-refractivity contribution in [3.63, 3.8) is 0 Å². The van der Waals surface area contributed by atoms with E-state index in [1.54, 1.807) is 21.8 Å². The second-order valence-corrected chi connectivity index (χ2v) is 13.4. The Hall–Kier alpha value is -3.46. The van der Waals surface area contributed by atoms with E-state index >= 15 is 4.39 Å². The number of hydrogen-bond donors (Lipinski definition) is 1. The number of morpholine rings is 1. The zero-order chi connectivity index (χ0) is 32.3. The van der Waals surface area contributed by atoms with Crippen molar-refractivity contribution >= 4 is 27.8 Å². The van der Waals surface area contributed by atoms with Crippen LogP contribution < -0.4 is 15.2 Å². The summed E-state index contributed by atoms with van der Waals surface area (Å²) in [7, 11) is -3.67. The number of rotatable bonds is 7. The Morgan fingerprint density at radius 1 is 1.07 bits per heavy atom. The highest BCUT2D eigenvalue weighted by Crippen LogP contribution is 2.45. The molecule has 45 heavy (non-hydrogen) atoms. The summed E-state index contributed by atoms with van der Waals surface area (Å²) in [5.41, 5.74) is 1.54. The third kappa shape index (κ3) is 7.03. The van der Waals surface area contributed by atoms with Crippen LogP contribution in [-0.2, 0) is 20.6 Å². The fraction of sp³-hybridized carbons (Fsp3) is 0.419. The van der Waals surface area contributed by atoms with E-state index in [4.69, 9.17) is 14.0 Å². The van der Waals surface area contributed by atoms with Gasteiger partial charge in [0.15, 0.2) is 23.1 Å². The predicted octanol–water partition coefficient (Wildman–Crippen LogP) is 4.74. The number of ether oxygens (including phenoxy) is 2. The zero-order valence-corrected chi connectivity index (χ0v) is 26.6. The summed E-state index contributed by atoms with van der Waals surface area (Å²) < 4.78 is 69.2. The van der Waals surface area contributed by atoms with Crippen molar-refractivity contribution < 1.29 is 36.0 Å². The van der Waals surface area contributed by atoms with Gasteiger partial charge in [-0.3, -0.25) is 23.8 Å². The first-order valence-corrected chi connectivity index (χ1v) is 17.5. The van der Waals surface area contributed by atoms with Gasteiger partial charge >= 0.3 is 0 Å². The summed E-state index contributed by atoms with van der Waals surface area (Å²) in [4.78, 5) is 29.6. The lowest BCUT2D eigenvalue weighted by atomic mass is 9.93. The van der Waals surface area contributed by atoms with E-state index in [9.17, 15) is 22.4 Å². The topological polar surface area (TPSA) is 118 Å². The second kappa shape index (κ2) is 13.9. The van der Waals surface area contributed by atoms with Crippen molar-refractivity contribution in [1.29, 1.82) is 0 Å². The third-order valence-corrected chi connectivity index (χ3v) is 8.89. The molecule has 14 heteroatoms. The van der Waals surface area contributed by atoms with Crippen LogP contribution in [0.2, 0.25) is 0 Å². The molecule has 10 nitrogen and oxygen atoms in total. The van der Waals surface area contributed by atoms with Crippen LogP contribution in [0.4, 0.5) is 8.78 Å². The van der Waals surface area contributed by atoms with Gasteiger partial charge in [0.2, 0.25) is 5.43 Å². The van der Waals surface area contributed by atoms with E-state index in [1.807, 2.05) is 29.3 Å². The number of pyridine rings is 1. The highest BCUT2D eigenvalue weighted by Gasteiger charge is 2.46. The Balaban J connectivity index is 0.000000743. The Kier molecular flexibility index (Phi) is 10.2. The minimum Gasteiger partial charge on any atom is -0.487 e. The van der Waals surface area contributed by atoms with Crippen LogP contribution >= 0.6 is 11.8 Å². The predicted molar refractivity (Wildman–Crippen MR) is 166 cm³/mol. The van der Waals surface area contributed by atoms with E-state index in [0.717, 1.165) is 42.2 Å². The van der Waals surface area contributed by atoms with Crippen molar-refractivity contribution in [3.05, 3.63) is 92.9 Å². The maximum Gasteiger partial charge on any atom is 0.278 e. The number of amides is 1. The third-order valence-electron chi connectivity index (χ3n) is 7.78. The molecule has 3 aliphatic rings. The molecule has 3 aliphatic heterocycles. The molecule has 2 aromatic carbocycles. The number of fused-ring (bicyclic) bond motifs is 4. The second-order valence-electron chi connectivity index (χ2n) is 10.9. The van der Waals surface area contributed by atoms with Crippen molar-refractivity contribution in [2.24, 2.45) is 0 Å². The number of carbonyl (C=O) groups is 1. The average Bonchev–Trinajstić information content (AvgIpc) is 3.17. The first-order chi connectivity index (χ1) is 21.5. The molecule has 0 bridgehead atoms. The minimum absolute atomic E-state index is 0.0146. The van der Waals surface area contributed by atoms with Gasteiger partial charge in [0.1, 0.15) is 6.17 Å². The van der Waals surface area contributed by atoms with Gasteiger partial charge < -0.3 is 14.4 Å². The summed E-state index contributed by atoms with van der Waals surface area (Å²) in [5.74, 6) is -1.81. The molecule has 1 aromatic heterocycles.